The third-order valence-electron chi connectivity index (χ3n) is 2.46. The second-order valence-electron chi connectivity index (χ2n) is 3.72. The van der Waals surface area contributed by atoms with Gasteiger partial charge in [-0.15, -0.1) is 6.58 Å². The summed E-state index contributed by atoms with van der Waals surface area (Å²) in [5.74, 6) is 0. The third-order valence-corrected chi connectivity index (χ3v) is 3.62. The van der Waals surface area contributed by atoms with Crippen molar-refractivity contribution in [1.29, 1.82) is 5.26 Å². The fourth-order valence-electron chi connectivity index (χ4n) is 1.67. The number of nitriles is 1. The van der Waals surface area contributed by atoms with Crippen molar-refractivity contribution in [2.75, 3.05) is 5.73 Å². The van der Waals surface area contributed by atoms with Gasteiger partial charge in [-0.1, -0.05) is 36.0 Å². The Kier molecular flexibility index (Phi) is 3.75. The van der Waals surface area contributed by atoms with Gasteiger partial charge in [0.2, 0.25) is 0 Å². The molecule has 0 fully saturated rings. The lowest BCUT2D eigenvalue weighted by molar-refractivity contribution is 0.744. The van der Waals surface area contributed by atoms with Crippen LogP contribution < -0.4 is 5.73 Å². The highest BCUT2D eigenvalue weighted by molar-refractivity contribution is 7.99. The normalized spacial score (nSPS) is 9.94. The summed E-state index contributed by atoms with van der Waals surface area (Å²) < 4.78 is 1.88. The van der Waals surface area contributed by atoms with Crippen LogP contribution in [0.2, 0.25) is 0 Å². The van der Waals surface area contributed by atoms with Crippen molar-refractivity contribution in [3.63, 3.8) is 0 Å². The van der Waals surface area contributed by atoms with Gasteiger partial charge < -0.3 is 10.3 Å². The van der Waals surface area contributed by atoms with Crippen molar-refractivity contribution < 1.29 is 0 Å². The van der Waals surface area contributed by atoms with Crippen molar-refractivity contribution in [2.24, 2.45) is 0 Å². The van der Waals surface area contributed by atoms with E-state index in [0.717, 1.165) is 9.92 Å². The smallest absolute Gasteiger partial charge is 0.123 e. The van der Waals surface area contributed by atoms with Crippen LogP contribution in [-0.4, -0.2) is 4.57 Å². The molecule has 1 aromatic heterocycles. The van der Waals surface area contributed by atoms with Crippen LogP contribution >= 0.6 is 11.8 Å². The standard InChI is InChI=1S/C14H13N3S/c1-2-8-17-11(10-15)9-13(16)14(17)18-12-6-4-3-5-7-12/h2-7,9H,1,8,16H2. The largest absolute Gasteiger partial charge is 0.397 e. The molecule has 0 unspecified atom stereocenters. The van der Waals surface area contributed by atoms with E-state index in [-0.39, 0.29) is 0 Å². The molecule has 0 saturated carbocycles. The number of allylic oxidation sites excluding steroid dienone is 1. The first-order valence-corrected chi connectivity index (χ1v) is 6.30. The van der Waals surface area contributed by atoms with Crippen LogP contribution in [0.3, 0.4) is 0 Å². The van der Waals surface area contributed by atoms with Crippen LogP contribution in [0.5, 0.6) is 0 Å². The van der Waals surface area contributed by atoms with Crippen molar-refractivity contribution in [3.05, 3.63) is 54.7 Å². The number of aromatic nitrogens is 1. The molecule has 0 saturated heterocycles. The van der Waals surface area contributed by atoms with Gasteiger partial charge in [0.1, 0.15) is 16.8 Å². The summed E-state index contributed by atoms with van der Waals surface area (Å²) >= 11 is 1.56. The number of nitrogens with two attached hydrogens (primary N) is 1. The number of benzene rings is 1. The molecule has 1 aromatic carbocycles. The summed E-state index contributed by atoms with van der Waals surface area (Å²) in [6.45, 7) is 4.29. The Bertz CT molecular complexity index is 593. The van der Waals surface area contributed by atoms with E-state index in [1.165, 1.54) is 0 Å². The van der Waals surface area contributed by atoms with Gasteiger partial charge in [0.15, 0.2) is 0 Å². The molecule has 18 heavy (non-hydrogen) atoms. The average Bonchev–Trinajstić information content (AvgIpc) is 2.69. The Balaban J connectivity index is 2.41. The molecule has 1 heterocycles. The fourth-order valence-corrected chi connectivity index (χ4v) is 2.65. The minimum absolute atomic E-state index is 0.561. The van der Waals surface area contributed by atoms with Gasteiger partial charge in [0, 0.05) is 11.4 Å². The summed E-state index contributed by atoms with van der Waals surface area (Å²) in [7, 11) is 0. The summed E-state index contributed by atoms with van der Waals surface area (Å²) in [6.07, 6.45) is 1.76. The number of hydrogen-bond donors (Lipinski definition) is 1. The van der Waals surface area contributed by atoms with E-state index in [1.807, 2.05) is 34.9 Å². The predicted octanol–water partition coefficient (Wildman–Crippen LogP) is 3.28. The lowest BCUT2D eigenvalue weighted by atomic mass is 10.4. The third kappa shape index (κ3) is 2.41. The van der Waals surface area contributed by atoms with E-state index >= 15 is 0 Å². The molecule has 0 aliphatic heterocycles. The SMILES string of the molecule is C=CCn1c(C#N)cc(N)c1Sc1ccccc1. The zero-order chi connectivity index (χ0) is 13.0. The van der Waals surface area contributed by atoms with Crippen LogP contribution in [0, 0.1) is 11.3 Å². The molecule has 0 amide bonds. The minimum Gasteiger partial charge on any atom is -0.397 e. The van der Waals surface area contributed by atoms with E-state index in [2.05, 4.69) is 12.6 Å². The zero-order valence-corrected chi connectivity index (χ0v) is 10.7. The molecule has 4 heteroatoms. The quantitative estimate of drug-likeness (QED) is 0.853. The van der Waals surface area contributed by atoms with Crippen LogP contribution in [-0.2, 0) is 6.54 Å². The molecule has 0 spiro atoms. The number of nitrogens with zero attached hydrogens (tertiary/aromatic N) is 2. The lowest BCUT2D eigenvalue weighted by Gasteiger charge is -2.08. The molecule has 0 radical (unpaired) electrons. The maximum absolute atomic E-state index is 9.08. The Morgan fingerprint density at radius 1 is 1.39 bits per heavy atom. The van der Waals surface area contributed by atoms with Gasteiger partial charge in [0.25, 0.3) is 0 Å². The van der Waals surface area contributed by atoms with Crippen molar-refractivity contribution in [3.8, 4) is 6.07 Å². The summed E-state index contributed by atoms with van der Waals surface area (Å²) in [4.78, 5) is 1.09. The number of anilines is 1. The Labute approximate surface area is 111 Å². The molecule has 0 aliphatic rings. The van der Waals surface area contributed by atoms with E-state index < -0.39 is 0 Å². The van der Waals surface area contributed by atoms with E-state index in [0.29, 0.717) is 17.9 Å². The zero-order valence-electron chi connectivity index (χ0n) is 9.84. The summed E-state index contributed by atoms with van der Waals surface area (Å²) in [5.41, 5.74) is 7.16. The molecule has 3 nitrogen and oxygen atoms in total. The highest BCUT2D eigenvalue weighted by Crippen LogP contribution is 2.34. The minimum atomic E-state index is 0.561. The molecule has 2 N–H and O–H groups in total. The molecule has 90 valence electrons. The van der Waals surface area contributed by atoms with Gasteiger partial charge in [-0.25, -0.2) is 0 Å². The lowest BCUT2D eigenvalue weighted by Crippen LogP contribution is -2.00. The highest BCUT2D eigenvalue weighted by Gasteiger charge is 2.13. The van der Waals surface area contributed by atoms with Crippen molar-refractivity contribution >= 4 is 17.4 Å². The van der Waals surface area contributed by atoms with Crippen LogP contribution in [0.1, 0.15) is 5.69 Å². The van der Waals surface area contributed by atoms with Gasteiger partial charge in [-0.2, -0.15) is 5.26 Å². The highest BCUT2D eigenvalue weighted by atomic mass is 32.2. The number of nitrogen functional groups attached to an aromatic ring is 1. The Hall–Kier alpha value is -2.12. The van der Waals surface area contributed by atoms with E-state index in [9.17, 15) is 0 Å². The monoisotopic (exact) mass is 255 g/mol. The molecular formula is C14H13N3S. The fraction of sp³-hybridized carbons (Fsp3) is 0.0714. The molecule has 2 aromatic rings. The van der Waals surface area contributed by atoms with Crippen LogP contribution in [0.25, 0.3) is 0 Å². The Morgan fingerprint density at radius 3 is 2.72 bits per heavy atom. The molecule has 0 bridgehead atoms. The first kappa shape index (κ1) is 12.3. The second-order valence-corrected chi connectivity index (χ2v) is 4.78. The van der Waals surface area contributed by atoms with Gasteiger partial charge in [-0.05, 0) is 18.2 Å². The molecule has 0 aliphatic carbocycles. The Morgan fingerprint density at radius 2 is 2.11 bits per heavy atom. The van der Waals surface area contributed by atoms with Crippen LogP contribution in [0.15, 0.2) is 59.0 Å². The molecular weight excluding hydrogens is 242 g/mol. The van der Waals surface area contributed by atoms with Gasteiger partial charge >= 0.3 is 0 Å². The number of rotatable bonds is 4. The van der Waals surface area contributed by atoms with E-state index in [4.69, 9.17) is 11.0 Å². The molecule has 0 atom stereocenters. The first-order valence-electron chi connectivity index (χ1n) is 5.49. The average molecular weight is 255 g/mol. The maximum Gasteiger partial charge on any atom is 0.123 e. The summed E-state index contributed by atoms with van der Waals surface area (Å²) in [6, 6.07) is 13.8. The van der Waals surface area contributed by atoms with Gasteiger partial charge in [-0.3, -0.25) is 0 Å². The van der Waals surface area contributed by atoms with Gasteiger partial charge in [0.05, 0.1) is 5.69 Å². The van der Waals surface area contributed by atoms with Crippen molar-refractivity contribution in [2.45, 2.75) is 16.5 Å². The van der Waals surface area contributed by atoms with E-state index in [1.54, 1.807) is 23.9 Å². The topological polar surface area (TPSA) is 54.7 Å². The maximum atomic E-state index is 9.08. The second kappa shape index (κ2) is 5.48. The van der Waals surface area contributed by atoms with Crippen LogP contribution in [0.4, 0.5) is 5.69 Å². The molecule has 2 rings (SSSR count). The first-order chi connectivity index (χ1) is 8.76. The van der Waals surface area contributed by atoms with Crippen molar-refractivity contribution in [1.82, 2.24) is 4.57 Å². The predicted molar refractivity (Wildman–Crippen MR) is 74.3 cm³/mol. The number of hydrogen-bond acceptors (Lipinski definition) is 3. The summed E-state index contributed by atoms with van der Waals surface area (Å²) in [5, 5.41) is 9.97.